The monoisotopic (exact) mass is 371 g/mol. The van der Waals surface area contributed by atoms with Crippen LogP contribution in [0.2, 0.25) is 0 Å². The van der Waals surface area contributed by atoms with E-state index in [0.717, 1.165) is 0 Å². The molecule has 2 saturated carbocycles. The first-order valence-electron chi connectivity index (χ1n) is 8.66. The number of benzene rings is 1. The number of Topliss-reactive ketones (excluding diaryl/α,β-unsaturated/α-hetero) is 4. The van der Waals surface area contributed by atoms with E-state index in [2.05, 4.69) is 0 Å². The summed E-state index contributed by atoms with van der Waals surface area (Å²) in [7, 11) is 0. The number of primary amides is 1. The molecular formula is C19H17NO7. The fourth-order valence-corrected chi connectivity index (χ4v) is 4.91. The van der Waals surface area contributed by atoms with Gasteiger partial charge in [0.15, 0.2) is 34.7 Å². The van der Waals surface area contributed by atoms with Crippen LogP contribution in [0, 0.1) is 23.7 Å². The zero-order valence-electron chi connectivity index (χ0n) is 14.2. The van der Waals surface area contributed by atoms with E-state index >= 15 is 0 Å². The molecule has 1 aromatic carbocycles. The van der Waals surface area contributed by atoms with E-state index in [-0.39, 0.29) is 24.2 Å². The van der Waals surface area contributed by atoms with Gasteiger partial charge in [-0.3, -0.25) is 24.0 Å². The lowest BCUT2D eigenvalue weighted by Gasteiger charge is -2.48. The molecule has 0 bridgehead atoms. The lowest BCUT2D eigenvalue weighted by Crippen LogP contribution is -2.68. The van der Waals surface area contributed by atoms with Crippen LogP contribution in [0.15, 0.2) is 18.2 Å². The molecule has 0 aromatic heterocycles. The van der Waals surface area contributed by atoms with E-state index in [1.165, 1.54) is 6.07 Å². The Labute approximate surface area is 153 Å². The number of fused-ring (bicyclic) bond motifs is 3. The summed E-state index contributed by atoms with van der Waals surface area (Å²) in [5, 5.41) is 21.0. The summed E-state index contributed by atoms with van der Waals surface area (Å²) in [6, 6.07) is 4.60. The molecule has 1 aromatic rings. The number of nitrogens with two attached hydrogens (primary N) is 1. The maximum absolute atomic E-state index is 13.1. The largest absolute Gasteiger partial charge is 0.507 e. The summed E-state index contributed by atoms with van der Waals surface area (Å²) in [6.45, 7) is 0. The van der Waals surface area contributed by atoms with Crippen molar-refractivity contribution in [2.45, 2.75) is 24.9 Å². The van der Waals surface area contributed by atoms with Gasteiger partial charge in [-0.15, -0.1) is 0 Å². The molecule has 8 nitrogen and oxygen atoms in total. The molecule has 8 heteroatoms. The fourth-order valence-electron chi connectivity index (χ4n) is 4.91. The minimum Gasteiger partial charge on any atom is -0.507 e. The molecule has 3 aliphatic rings. The first kappa shape index (κ1) is 17.5. The highest BCUT2D eigenvalue weighted by molar-refractivity contribution is 6.31. The highest BCUT2D eigenvalue weighted by Crippen LogP contribution is 2.49. The van der Waals surface area contributed by atoms with Gasteiger partial charge in [-0.1, -0.05) is 12.1 Å². The molecule has 140 valence electrons. The number of carbonyl (C=O) groups excluding carboxylic acids is 5. The van der Waals surface area contributed by atoms with Gasteiger partial charge in [0.1, 0.15) is 5.75 Å². The predicted molar refractivity (Wildman–Crippen MR) is 88.5 cm³/mol. The second kappa shape index (κ2) is 5.56. The molecular weight excluding hydrogens is 354 g/mol. The standard InChI is InChI=1S/C19H17NO7/c20-18(26)14-11(22)6-9-5-8-4-7-2-1-3-10(21)12(7)15(23)13(8)16(24)19(9,27)17(14)25/h1-3,8-9,13-14,21,27H,4-6H2,(H2,20,26)/t8?,9?,13?,14?,19-/m1/s1. The highest BCUT2D eigenvalue weighted by atomic mass is 16.3. The maximum Gasteiger partial charge on any atom is 0.235 e. The van der Waals surface area contributed by atoms with Crippen molar-refractivity contribution in [1.82, 2.24) is 0 Å². The zero-order chi connectivity index (χ0) is 19.7. The number of aliphatic hydroxyl groups is 1. The van der Waals surface area contributed by atoms with Crippen LogP contribution in [-0.4, -0.2) is 44.9 Å². The molecule has 1 amide bonds. The number of carbonyl (C=O) groups is 5. The fraction of sp³-hybridized carbons (Fsp3) is 0.421. The second-order valence-corrected chi connectivity index (χ2v) is 7.55. The van der Waals surface area contributed by atoms with E-state index < -0.39 is 58.3 Å². The van der Waals surface area contributed by atoms with Crippen LogP contribution in [-0.2, 0) is 25.6 Å². The third kappa shape index (κ3) is 2.16. The Morgan fingerprint density at radius 1 is 1.11 bits per heavy atom. The average Bonchev–Trinajstić information content (AvgIpc) is 2.57. The number of phenols is 1. The van der Waals surface area contributed by atoms with Gasteiger partial charge in [0.05, 0.1) is 11.5 Å². The van der Waals surface area contributed by atoms with Crippen molar-refractivity contribution in [3.8, 4) is 5.75 Å². The Kier molecular flexibility index (Phi) is 3.61. The van der Waals surface area contributed by atoms with Crippen molar-refractivity contribution >= 4 is 29.0 Å². The van der Waals surface area contributed by atoms with E-state index in [1.807, 2.05) is 0 Å². The number of aromatic hydroxyl groups is 1. The van der Waals surface area contributed by atoms with Crippen molar-refractivity contribution in [3.05, 3.63) is 29.3 Å². The van der Waals surface area contributed by atoms with E-state index in [0.29, 0.717) is 12.0 Å². The molecule has 0 aliphatic heterocycles. The quantitative estimate of drug-likeness (QED) is 0.553. The van der Waals surface area contributed by atoms with Crippen LogP contribution in [0.1, 0.15) is 28.8 Å². The lowest BCUT2D eigenvalue weighted by molar-refractivity contribution is -0.175. The normalized spacial score (nSPS) is 35.3. The minimum atomic E-state index is -2.59. The average molecular weight is 371 g/mol. The van der Waals surface area contributed by atoms with Crippen LogP contribution in [0.5, 0.6) is 5.75 Å². The lowest BCUT2D eigenvalue weighted by atomic mass is 9.54. The van der Waals surface area contributed by atoms with Gasteiger partial charge in [0.25, 0.3) is 0 Å². The summed E-state index contributed by atoms with van der Waals surface area (Å²) in [5.41, 5.74) is 3.12. The Bertz CT molecular complexity index is 936. The van der Waals surface area contributed by atoms with E-state index in [1.54, 1.807) is 12.1 Å². The summed E-state index contributed by atoms with van der Waals surface area (Å²) < 4.78 is 0. The van der Waals surface area contributed by atoms with Gasteiger partial charge in [-0.05, 0) is 30.4 Å². The molecule has 4 unspecified atom stereocenters. The van der Waals surface area contributed by atoms with Crippen LogP contribution in [0.3, 0.4) is 0 Å². The summed E-state index contributed by atoms with van der Waals surface area (Å²) in [4.78, 5) is 62.4. The summed E-state index contributed by atoms with van der Waals surface area (Å²) in [6.07, 6.45) is 0.0860. The van der Waals surface area contributed by atoms with Gasteiger partial charge in [0.2, 0.25) is 5.91 Å². The molecule has 4 rings (SSSR count). The molecule has 2 fully saturated rings. The molecule has 0 radical (unpaired) electrons. The number of amides is 1. The van der Waals surface area contributed by atoms with Gasteiger partial charge in [0, 0.05) is 12.3 Å². The first-order chi connectivity index (χ1) is 12.7. The second-order valence-electron chi connectivity index (χ2n) is 7.55. The molecule has 0 spiro atoms. The van der Waals surface area contributed by atoms with Gasteiger partial charge in [-0.2, -0.15) is 0 Å². The third-order valence-corrected chi connectivity index (χ3v) is 6.14. The van der Waals surface area contributed by atoms with Crippen molar-refractivity contribution in [2.75, 3.05) is 0 Å². The summed E-state index contributed by atoms with van der Waals surface area (Å²) in [5.74, 6) is -9.78. The van der Waals surface area contributed by atoms with E-state index in [4.69, 9.17) is 5.73 Å². The zero-order valence-corrected chi connectivity index (χ0v) is 14.2. The maximum atomic E-state index is 13.1. The number of phenolic OH excluding ortho intramolecular Hbond substituents is 1. The Morgan fingerprint density at radius 2 is 1.81 bits per heavy atom. The van der Waals surface area contributed by atoms with Crippen LogP contribution >= 0.6 is 0 Å². The van der Waals surface area contributed by atoms with Crippen molar-refractivity contribution in [1.29, 1.82) is 0 Å². The van der Waals surface area contributed by atoms with Crippen molar-refractivity contribution in [3.63, 3.8) is 0 Å². The molecule has 5 atom stereocenters. The van der Waals surface area contributed by atoms with Crippen LogP contribution in [0.25, 0.3) is 0 Å². The molecule has 3 aliphatic carbocycles. The van der Waals surface area contributed by atoms with Crippen LogP contribution in [0.4, 0.5) is 0 Å². The number of hydrogen-bond acceptors (Lipinski definition) is 7. The topological polar surface area (TPSA) is 152 Å². The third-order valence-electron chi connectivity index (χ3n) is 6.14. The van der Waals surface area contributed by atoms with Gasteiger partial charge < -0.3 is 15.9 Å². The number of ketones is 4. The minimum absolute atomic E-state index is 0.0138. The van der Waals surface area contributed by atoms with E-state index in [9.17, 15) is 34.2 Å². The molecule has 0 saturated heterocycles. The predicted octanol–water partition coefficient (Wildman–Crippen LogP) is -0.673. The van der Waals surface area contributed by atoms with Gasteiger partial charge >= 0.3 is 0 Å². The first-order valence-corrected chi connectivity index (χ1v) is 8.66. The van der Waals surface area contributed by atoms with Gasteiger partial charge in [-0.25, -0.2) is 0 Å². The highest BCUT2D eigenvalue weighted by Gasteiger charge is 2.65. The molecule has 27 heavy (non-hydrogen) atoms. The molecule has 4 N–H and O–H groups in total. The van der Waals surface area contributed by atoms with Crippen LogP contribution < -0.4 is 5.73 Å². The Balaban J connectivity index is 1.81. The Morgan fingerprint density at radius 3 is 2.48 bits per heavy atom. The molecule has 0 heterocycles. The smallest absolute Gasteiger partial charge is 0.235 e. The Hall–Kier alpha value is -2.87. The number of hydrogen-bond donors (Lipinski definition) is 3. The SMILES string of the molecule is NC(=O)C1C(=O)CC2CC3Cc4cccc(O)c4C(=O)C3C(=O)[C@@]2(O)C1=O. The van der Waals surface area contributed by atoms with Crippen molar-refractivity contribution < 1.29 is 34.2 Å². The number of rotatable bonds is 1. The summed E-state index contributed by atoms with van der Waals surface area (Å²) >= 11 is 0. The van der Waals surface area contributed by atoms with Crippen molar-refractivity contribution in [2.24, 2.45) is 29.4 Å².